The number of carbonyl (C=O) groups excluding carboxylic acids is 1. The van der Waals surface area contributed by atoms with Crippen molar-refractivity contribution in [2.45, 2.75) is 45.1 Å². The molecule has 92 valence electrons. The first kappa shape index (κ1) is 12.8. The summed E-state index contributed by atoms with van der Waals surface area (Å²) in [5.74, 6) is -0.963. The van der Waals surface area contributed by atoms with Crippen LogP contribution in [-0.4, -0.2) is 41.1 Å². The minimum Gasteiger partial charge on any atom is -0.480 e. The number of hydrogen-bond acceptors (Lipinski definition) is 2. The van der Waals surface area contributed by atoms with E-state index in [-0.39, 0.29) is 18.6 Å². The number of carboxylic acids is 1. The van der Waals surface area contributed by atoms with E-state index in [0.29, 0.717) is 6.54 Å². The molecule has 0 radical (unpaired) electrons. The fourth-order valence-corrected chi connectivity index (χ4v) is 2.02. The van der Waals surface area contributed by atoms with Crippen molar-refractivity contribution < 1.29 is 14.7 Å². The highest BCUT2D eigenvalue weighted by atomic mass is 16.4. The largest absolute Gasteiger partial charge is 0.480 e. The van der Waals surface area contributed by atoms with E-state index in [1.165, 1.54) is 4.90 Å². The summed E-state index contributed by atoms with van der Waals surface area (Å²) in [6.45, 7) is 2.20. The number of amides is 2. The maximum Gasteiger partial charge on any atom is 0.323 e. The van der Waals surface area contributed by atoms with Crippen molar-refractivity contribution >= 4 is 12.0 Å². The second kappa shape index (κ2) is 6.35. The van der Waals surface area contributed by atoms with E-state index in [9.17, 15) is 9.59 Å². The van der Waals surface area contributed by atoms with Crippen molar-refractivity contribution in [3.63, 3.8) is 0 Å². The van der Waals surface area contributed by atoms with Crippen LogP contribution in [0.15, 0.2) is 0 Å². The highest BCUT2D eigenvalue weighted by molar-refractivity contribution is 5.80. The number of aliphatic carboxylic acids is 1. The molecule has 0 spiro atoms. The van der Waals surface area contributed by atoms with Crippen molar-refractivity contribution in [1.82, 2.24) is 10.2 Å². The zero-order valence-corrected chi connectivity index (χ0v) is 9.74. The Morgan fingerprint density at radius 1 is 1.38 bits per heavy atom. The van der Waals surface area contributed by atoms with Crippen LogP contribution in [0.1, 0.15) is 39.0 Å². The summed E-state index contributed by atoms with van der Waals surface area (Å²) < 4.78 is 0. The van der Waals surface area contributed by atoms with Crippen molar-refractivity contribution in [1.29, 1.82) is 0 Å². The van der Waals surface area contributed by atoms with E-state index in [1.54, 1.807) is 0 Å². The van der Waals surface area contributed by atoms with Gasteiger partial charge in [0, 0.05) is 12.6 Å². The van der Waals surface area contributed by atoms with Gasteiger partial charge < -0.3 is 15.3 Å². The maximum atomic E-state index is 11.8. The molecule has 0 saturated heterocycles. The Kier molecular flexibility index (Phi) is 5.08. The van der Waals surface area contributed by atoms with E-state index < -0.39 is 5.97 Å². The summed E-state index contributed by atoms with van der Waals surface area (Å²) in [5.41, 5.74) is 0. The molecule has 5 heteroatoms. The Morgan fingerprint density at radius 3 is 2.50 bits per heavy atom. The Labute approximate surface area is 95.8 Å². The normalized spacial score (nSPS) is 16.1. The highest BCUT2D eigenvalue weighted by Gasteiger charge is 2.21. The number of nitrogens with one attached hydrogen (secondary N) is 1. The Balaban J connectivity index is 2.42. The quantitative estimate of drug-likeness (QED) is 0.748. The lowest BCUT2D eigenvalue weighted by atomic mass is 10.2. The molecule has 0 bridgehead atoms. The molecular weight excluding hydrogens is 208 g/mol. The molecule has 5 nitrogen and oxygen atoms in total. The topological polar surface area (TPSA) is 69.6 Å². The average Bonchev–Trinajstić information content (AvgIpc) is 2.69. The Bertz CT molecular complexity index is 250. The van der Waals surface area contributed by atoms with E-state index >= 15 is 0 Å². The number of hydrogen-bond donors (Lipinski definition) is 2. The molecule has 1 rings (SSSR count). The van der Waals surface area contributed by atoms with Gasteiger partial charge in [-0.2, -0.15) is 0 Å². The summed E-state index contributed by atoms with van der Waals surface area (Å²) in [6.07, 6.45) is 5.10. The molecule has 0 unspecified atom stereocenters. The highest BCUT2D eigenvalue weighted by Crippen LogP contribution is 2.17. The van der Waals surface area contributed by atoms with Crippen LogP contribution >= 0.6 is 0 Å². The number of nitrogens with zero attached hydrogens (tertiary/aromatic N) is 1. The van der Waals surface area contributed by atoms with Gasteiger partial charge in [0.05, 0.1) is 0 Å². The van der Waals surface area contributed by atoms with Crippen molar-refractivity contribution in [2.75, 3.05) is 13.1 Å². The van der Waals surface area contributed by atoms with Crippen LogP contribution in [-0.2, 0) is 4.79 Å². The second-order valence-electron chi connectivity index (χ2n) is 4.25. The van der Waals surface area contributed by atoms with Gasteiger partial charge in [0.15, 0.2) is 0 Å². The minimum atomic E-state index is -0.963. The first-order valence-corrected chi connectivity index (χ1v) is 5.90. The van der Waals surface area contributed by atoms with E-state index in [1.807, 2.05) is 6.92 Å². The van der Waals surface area contributed by atoms with Crippen molar-refractivity contribution in [3.05, 3.63) is 0 Å². The van der Waals surface area contributed by atoms with Crippen LogP contribution in [0, 0.1) is 0 Å². The van der Waals surface area contributed by atoms with Gasteiger partial charge in [0.2, 0.25) is 0 Å². The molecule has 0 aromatic carbocycles. The van der Waals surface area contributed by atoms with Gasteiger partial charge in [0.1, 0.15) is 6.54 Å². The van der Waals surface area contributed by atoms with Crippen molar-refractivity contribution in [3.8, 4) is 0 Å². The molecule has 1 aliphatic rings. The van der Waals surface area contributed by atoms with Crippen LogP contribution in [0.2, 0.25) is 0 Å². The van der Waals surface area contributed by atoms with Crippen LogP contribution < -0.4 is 5.32 Å². The third kappa shape index (κ3) is 4.08. The fraction of sp³-hybridized carbons (Fsp3) is 0.818. The molecule has 0 heterocycles. The first-order valence-electron chi connectivity index (χ1n) is 5.90. The number of urea groups is 1. The summed E-state index contributed by atoms with van der Waals surface area (Å²) in [5, 5.41) is 11.6. The fourth-order valence-electron chi connectivity index (χ4n) is 2.02. The SMILES string of the molecule is CCCN(CC(=O)O)C(=O)NC1CCCC1. The third-order valence-electron chi connectivity index (χ3n) is 2.79. The van der Waals surface area contributed by atoms with E-state index in [2.05, 4.69) is 5.32 Å². The molecule has 0 atom stereocenters. The van der Waals surface area contributed by atoms with Crippen LogP contribution in [0.5, 0.6) is 0 Å². The molecule has 16 heavy (non-hydrogen) atoms. The molecule has 1 aliphatic carbocycles. The zero-order chi connectivity index (χ0) is 12.0. The number of carbonyl (C=O) groups is 2. The zero-order valence-electron chi connectivity index (χ0n) is 9.74. The van der Waals surface area contributed by atoms with Gasteiger partial charge in [-0.1, -0.05) is 19.8 Å². The van der Waals surface area contributed by atoms with Crippen molar-refractivity contribution in [2.24, 2.45) is 0 Å². The van der Waals surface area contributed by atoms with E-state index in [4.69, 9.17) is 5.11 Å². The molecule has 0 aromatic heterocycles. The lowest BCUT2D eigenvalue weighted by molar-refractivity contribution is -0.137. The summed E-state index contributed by atoms with van der Waals surface area (Å²) >= 11 is 0. The lowest BCUT2D eigenvalue weighted by Gasteiger charge is -2.22. The number of carboxylic acid groups (broad SMARTS) is 1. The molecule has 2 N–H and O–H groups in total. The maximum absolute atomic E-state index is 11.8. The summed E-state index contributed by atoms with van der Waals surface area (Å²) in [6, 6.07) is -0.00296. The monoisotopic (exact) mass is 228 g/mol. The molecule has 2 amide bonds. The Hall–Kier alpha value is -1.26. The van der Waals surface area contributed by atoms with Crippen LogP contribution in [0.25, 0.3) is 0 Å². The van der Waals surface area contributed by atoms with Crippen LogP contribution in [0.4, 0.5) is 4.79 Å². The molecule has 1 fully saturated rings. The predicted molar refractivity (Wildman–Crippen MR) is 60.3 cm³/mol. The molecule has 0 aromatic rings. The second-order valence-corrected chi connectivity index (χ2v) is 4.25. The Morgan fingerprint density at radius 2 is 2.00 bits per heavy atom. The molecular formula is C11H20N2O3. The standard InChI is InChI=1S/C11H20N2O3/c1-2-7-13(8-10(14)15)11(16)12-9-5-3-4-6-9/h9H,2-8H2,1H3,(H,12,16)(H,14,15). The van der Waals surface area contributed by atoms with Gasteiger partial charge in [-0.15, -0.1) is 0 Å². The van der Waals surface area contributed by atoms with Gasteiger partial charge in [-0.05, 0) is 19.3 Å². The van der Waals surface area contributed by atoms with E-state index in [0.717, 1.165) is 32.1 Å². The lowest BCUT2D eigenvalue weighted by Crippen LogP contribution is -2.46. The average molecular weight is 228 g/mol. The van der Waals surface area contributed by atoms with Gasteiger partial charge in [-0.3, -0.25) is 4.79 Å². The third-order valence-corrected chi connectivity index (χ3v) is 2.79. The van der Waals surface area contributed by atoms with Gasteiger partial charge in [0.25, 0.3) is 0 Å². The number of rotatable bonds is 5. The molecule has 1 saturated carbocycles. The van der Waals surface area contributed by atoms with Crippen LogP contribution in [0.3, 0.4) is 0 Å². The first-order chi connectivity index (χ1) is 7.63. The minimum absolute atomic E-state index is 0.216. The van der Waals surface area contributed by atoms with Gasteiger partial charge >= 0.3 is 12.0 Å². The smallest absolute Gasteiger partial charge is 0.323 e. The van der Waals surface area contributed by atoms with Gasteiger partial charge in [-0.25, -0.2) is 4.79 Å². The predicted octanol–water partition coefficient (Wildman–Crippen LogP) is 1.44. The molecule has 0 aliphatic heterocycles. The summed E-state index contributed by atoms with van der Waals surface area (Å²) in [7, 11) is 0. The summed E-state index contributed by atoms with van der Waals surface area (Å²) in [4.78, 5) is 23.7.